The summed E-state index contributed by atoms with van der Waals surface area (Å²) in [6.45, 7) is 7.33. The maximum absolute atomic E-state index is 7.00. The van der Waals surface area contributed by atoms with E-state index in [1.165, 1.54) is 6.42 Å². The van der Waals surface area contributed by atoms with Crippen molar-refractivity contribution < 1.29 is 24.1 Å². The van der Waals surface area contributed by atoms with E-state index < -0.39 is 0 Å². The molecule has 0 aromatic heterocycles. The Morgan fingerprint density at radius 3 is 1.30 bits per heavy atom. The molecule has 2 heterocycles. The van der Waals surface area contributed by atoms with Gasteiger partial charge in [-0.15, -0.1) is 0 Å². The third kappa shape index (κ3) is 12.8. The SMILES string of the molecule is CCC.CO.c1ccc(OCC2CO2)cc1.c1ccc(OCC2CO2)cc1. The summed E-state index contributed by atoms with van der Waals surface area (Å²) in [7, 11) is 1.00. The molecule has 2 aromatic rings. The molecule has 2 aliphatic heterocycles. The summed E-state index contributed by atoms with van der Waals surface area (Å²) in [6, 6.07) is 19.6. The summed E-state index contributed by atoms with van der Waals surface area (Å²) in [6.07, 6.45) is 1.94. The summed E-state index contributed by atoms with van der Waals surface area (Å²) < 4.78 is 20.8. The number of benzene rings is 2. The first-order valence-corrected chi connectivity index (χ1v) is 9.35. The van der Waals surface area contributed by atoms with Crippen molar-refractivity contribution in [2.45, 2.75) is 32.5 Å². The number of para-hydroxylation sites is 2. The molecule has 0 bridgehead atoms. The smallest absolute Gasteiger partial charge is 0.119 e. The van der Waals surface area contributed by atoms with Gasteiger partial charge in [0.05, 0.1) is 13.2 Å². The maximum Gasteiger partial charge on any atom is 0.119 e. The molecule has 0 saturated carbocycles. The molecule has 4 rings (SSSR count). The molecule has 2 fully saturated rings. The molecule has 5 nitrogen and oxygen atoms in total. The topological polar surface area (TPSA) is 63.8 Å². The number of aliphatic hydroxyl groups is 1. The molecule has 0 radical (unpaired) electrons. The van der Waals surface area contributed by atoms with Gasteiger partial charge in [-0.3, -0.25) is 0 Å². The predicted octanol–water partition coefficient (Wildman–Crippen LogP) is 3.95. The first-order valence-electron chi connectivity index (χ1n) is 9.35. The lowest BCUT2D eigenvalue weighted by molar-refractivity contribution is 0.263. The minimum absolute atomic E-state index is 0.343. The maximum atomic E-state index is 7.00. The highest BCUT2D eigenvalue weighted by molar-refractivity contribution is 5.21. The quantitative estimate of drug-likeness (QED) is 0.774. The molecule has 2 aromatic carbocycles. The molecule has 2 unspecified atom stereocenters. The molecule has 0 amide bonds. The fourth-order valence-electron chi connectivity index (χ4n) is 1.74. The van der Waals surface area contributed by atoms with Gasteiger partial charge >= 0.3 is 0 Å². The lowest BCUT2D eigenvalue weighted by Gasteiger charge is -2.01. The first kappa shape index (κ1) is 23.0. The van der Waals surface area contributed by atoms with Gasteiger partial charge < -0.3 is 24.1 Å². The van der Waals surface area contributed by atoms with Gasteiger partial charge in [0.15, 0.2) is 0 Å². The second kappa shape index (κ2) is 15.0. The second-order valence-electron chi connectivity index (χ2n) is 5.87. The summed E-state index contributed by atoms with van der Waals surface area (Å²) in [5.41, 5.74) is 0. The number of ether oxygens (including phenoxy) is 4. The molecule has 2 saturated heterocycles. The molecule has 2 atom stereocenters. The van der Waals surface area contributed by atoms with E-state index in [9.17, 15) is 0 Å². The molecule has 1 N–H and O–H groups in total. The standard InChI is InChI=1S/2C9H10O2.C3H8.CH4O/c2*1-2-4-8(5-3-1)10-6-9-7-11-9;1-3-2;1-2/h2*1-5,9H,6-7H2;3H2,1-2H3;2H,1H3. The van der Waals surface area contributed by atoms with Crippen LogP contribution in [0.15, 0.2) is 60.7 Å². The molecule has 2 aliphatic rings. The van der Waals surface area contributed by atoms with Crippen LogP contribution < -0.4 is 9.47 Å². The van der Waals surface area contributed by atoms with Crippen molar-refractivity contribution in [1.82, 2.24) is 0 Å². The van der Waals surface area contributed by atoms with Gasteiger partial charge in [0.2, 0.25) is 0 Å². The Morgan fingerprint density at radius 2 is 1.04 bits per heavy atom. The van der Waals surface area contributed by atoms with Crippen molar-refractivity contribution in [3.8, 4) is 11.5 Å². The van der Waals surface area contributed by atoms with Gasteiger partial charge in [-0.25, -0.2) is 0 Å². The van der Waals surface area contributed by atoms with Gasteiger partial charge in [0, 0.05) is 7.11 Å². The van der Waals surface area contributed by atoms with Crippen molar-refractivity contribution in [2.75, 3.05) is 33.5 Å². The van der Waals surface area contributed by atoms with E-state index in [-0.39, 0.29) is 0 Å². The Labute approximate surface area is 162 Å². The van der Waals surface area contributed by atoms with Gasteiger partial charge in [-0.2, -0.15) is 0 Å². The Kier molecular flexibility index (Phi) is 12.8. The Hall–Kier alpha value is -2.08. The van der Waals surface area contributed by atoms with Crippen LogP contribution in [0.5, 0.6) is 11.5 Å². The fraction of sp³-hybridized carbons (Fsp3) is 0.455. The van der Waals surface area contributed by atoms with Crippen LogP contribution in [0, 0.1) is 0 Å². The first-order chi connectivity index (χ1) is 13.3. The van der Waals surface area contributed by atoms with Crippen LogP contribution in [-0.4, -0.2) is 50.9 Å². The number of hydrogen-bond acceptors (Lipinski definition) is 5. The summed E-state index contributed by atoms with van der Waals surface area (Å²) in [5.74, 6) is 1.84. The minimum Gasteiger partial charge on any atom is -0.491 e. The van der Waals surface area contributed by atoms with E-state index in [0.29, 0.717) is 25.4 Å². The minimum atomic E-state index is 0.343. The number of hydrogen-bond donors (Lipinski definition) is 1. The highest BCUT2D eigenvalue weighted by Crippen LogP contribution is 2.14. The monoisotopic (exact) mass is 376 g/mol. The van der Waals surface area contributed by atoms with E-state index in [4.69, 9.17) is 24.1 Å². The van der Waals surface area contributed by atoms with Gasteiger partial charge in [-0.1, -0.05) is 56.7 Å². The Bertz CT molecular complexity index is 502. The zero-order valence-corrected chi connectivity index (χ0v) is 16.5. The number of rotatable bonds is 6. The van der Waals surface area contributed by atoms with E-state index >= 15 is 0 Å². The molecule has 27 heavy (non-hydrogen) atoms. The zero-order valence-electron chi connectivity index (χ0n) is 16.5. The van der Waals surface area contributed by atoms with Crippen molar-refractivity contribution in [3.63, 3.8) is 0 Å². The van der Waals surface area contributed by atoms with E-state index in [1.807, 2.05) is 60.7 Å². The predicted molar refractivity (Wildman–Crippen MR) is 107 cm³/mol. The summed E-state index contributed by atoms with van der Waals surface area (Å²) in [4.78, 5) is 0. The van der Waals surface area contributed by atoms with E-state index in [1.54, 1.807) is 0 Å². The normalized spacial score (nSPS) is 18.2. The molecular formula is C22H32O5. The van der Waals surface area contributed by atoms with Gasteiger partial charge in [0.25, 0.3) is 0 Å². The average molecular weight is 376 g/mol. The van der Waals surface area contributed by atoms with Crippen LogP contribution in [0.1, 0.15) is 20.3 Å². The van der Waals surface area contributed by atoms with Crippen LogP contribution in [0.3, 0.4) is 0 Å². The summed E-state index contributed by atoms with van der Waals surface area (Å²) >= 11 is 0. The summed E-state index contributed by atoms with van der Waals surface area (Å²) in [5, 5.41) is 7.00. The highest BCUT2D eigenvalue weighted by atomic mass is 16.6. The van der Waals surface area contributed by atoms with E-state index in [2.05, 4.69) is 13.8 Å². The third-order valence-electron chi connectivity index (χ3n) is 3.16. The Balaban J connectivity index is 0.000000219. The van der Waals surface area contributed by atoms with Crippen LogP contribution in [0.4, 0.5) is 0 Å². The fourth-order valence-corrected chi connectivity index (χ4v) is 1.74. The van der Waals surface area contributed by atoms with Gasteiger partial charge in [0.1, 0.15) is 36.9 Å². The Morgan fingerprint density at radius 1 is 0.741 bits per heavy atom. The highest BCUT2D eigenvalue weighted by Gasteiger charge is 2.23. The second-order valence-corrected chi connectivity index (χ2v) is 5.87. The van der Waals surface area contributed by atoms with Crippen molar-refractivity contribution in [1.29, 1.82) is 0 Å². The van der Waals surface area contributed by atoms with E-state index in [0.717, 1.165) is 31.8 Å². The average Bonchev–Trinajstić information content (AvgIpc) is 3.64. The molecule has 150 valence electrons. The van der Waals surface area contributed by atoms with Crippen molar-refractivity contribution in [2.24, 2.45) is 0 Å². The number of aliphatic hydroxyl groups excluding tert-OH is 1. The molecule has 0 aliphatic carbocycles. The van der Waals surface area contributed by atoms with Gasteiger partial charge in [-0.05, 0) is 24.3 Å². The number of epoxide rings is 2. The van der Waals surface area contributed by atoms with Crippen LogP contribution >= 0.6 is 0 Å². The molecular weight excluding hydrogens is 344 g/mol. The largest absolute Gasteiger partial charge is 0.491 e. The van der Waals surface area contributed by atoms with Crippen LogP contribution in [0.2, 0.25) is 0 Å². The van der Waals surface area contributed by atoms with Crippen LogP contribution in [-0.2, 0) is 9.47 Å². The zero-order chi connectivity index (χ0) is 19.7. The third-order valence-corrected chi connectivity index (χ3v) is 3.16. The molecule has 5 heteroatoms. The molecule has 0 spiro atoms. The van der Waals surface area contributed by atoms with Crippen LogP contribution in [0.25, 0.3) is 0 Å². The van der Waals surface area contributed by atoms with Crippen molar-refractivity contribution >= 4 is 0 Å². The lowest BCUT2D eigenvalue weighted by atomic mass is 10.3. The lowest BCUT2D eigenvalue weighted by Crippen LogP contribution is -2.03. The van der Waals surface area contributed by atoms with Crippen molar-refractivity contribution in [3.05, 3.63) is 60.7 Å².